The molecule has 0 bridgehead atoms. The number of nitrogens with two attached hydrogens (primary N) is 1. The molecule has 3 aromatic rings. The predicted molar refractivity (Wildman–Crippen MR) is 90.3 cm³/mol. The van der Waals surface area contributed by atoms with E-state index >= 15 is 0 Å². The minimum atomic E-state index is 0.263. The molecule has 23 heavy (non-hydrogen) atoms. The summed E-state index contributed by atoms with van der Waals surface area (Å²) in [5, 5.41) is 0. The van der Waals surface area contributed by atoms with Crippen molar-refractivity contribution in [1.29, 1.82) is 0 Å². The number of fused-ring (bicyclic) bond motifs is 2. The molecule has 2 N–H and O–H groups in total. The third-order valence-electron chi connectivity index (χ3n) is 3.85. The van der Waals surface area contributed by atoms with Crippen molar-refractivity contribution in [2.45, 2.75) is 6.54 Å². The van der Waals surface area contributed by atoms with E-state index in [2.05, 4.69) is 22.8 Å². The molecular formula is C18H17N3O2. The van der Waals surface area contributed by atoms with Gasteiger partial charge in [-0.25, -0.2) is 4.98 Å². The highest BCUT2D eigenvalue weighted by molar-refractivity contribution is 5.83. The third kappa shape index (κ3) is 2.55. The number of benzene rings is 2. The van der Waals surface area contributed by atoms with Crippen LogP contribution in [0.2, 0.25) is 0 Å². The quantitative estimate of drug-likeness (QED) is 0.805. The molecule has 1 aromatic heterocycles. The maximum absolute atomic E-state index is 5.77. The van der Waals surface area contributed by atoms with Gasteiger partial charge in [0.05, 0.1) is 11.0 Å². The number of rotatable bonds is 4. The Morgan fingerprint density at radius 3 is 2.65 bits per heavy atom. The summed E-state index contributed by atoms with van der Waals surface area (Å²) in [4.78, 5) is 4.71. The lowest BCUT2D eigenvalue weighted by Gasteiger charge is -2.05. The monoisotopic (exact) mass is 307 g/mol. The fourth-order valence-corrected chi connectivity index (χ4v) is 2.76. The van der Waals surface area contributed by atoms with Crippen LogP contribution in [0.1, 0.15) is 11.4 Å². The molecule has 5 nitrogen and oxygen atoms in total. The standard InChI is InChI=1S/C18H17N3O2/c19-8-9-21-15-11-17-16(22-12-23-17)10-14(15)20-18(21)7-6-13-4-2-1-3-5-13/h1-7,10-11H,8-9,12,19H2/b7-6+. The van der Waals surface area contributed by atoms with E-state index in [1.54, 1.807) is 0 Å². The molecule has 4 rings (SSSR count). The lowest BCUT2D eigenvalue weighted by Crippen LogP contribution is -2.11. The third-order valence-corrected chi connectivity index (χ3v) is 3.85. The van der Waals surface area contributed by atoms with E-state index in [4.69, 9.17) is 20.2 Å². The van der Waals surface area contributed by atoms with Crippen LogP contribution >= 0.6 is 0 Å². The summed E-state index contributed by atoms with van der Waals surface area (Å²) in [6.45, 7) is 1.51. The summed E-state index contributed by atoms with van der Waals surface area (Å²) in [5.41, 5.74) is 8.80. The predicted octanol–water partition coefficient (Wildman–Crippen LogP) is 2.89. The lowest BCUT2D eigenvalue weighted by molar-refractivity contribution is 0.174. The van der Waals surface area contributed by atoms with Crippen molar-refractivity contribution in [2.24, 2.45) is 5.73 Å². The van der Waals surface area contributed by atoms with Crippen LogP contribution in [-0.4, -0.2) is 22.9 Å². The SMILES string of the molecule is NCCn1c(/C=C/c2ccccc2)nc2cc3c(cc21)OCO3. The van der Waals surface area contributed by atoms with Crippen molar-refractivity contribution in [1.82, 2.24) is 9.55 Å². The molecule has 0 atom stereocenters. The van der Waals surface area contributed by atoms with Gasteiger partial charge >= 0.3 is 0 Å². The van der Waals surface area contributed by atoms with Crippen molar-refractivity contribution >= 4 is 23.2 Å². The zero-order valence-corrected chi connectivity index (χ0v) is 12.6. The van der Waals surface area contributed by atoms with Crippen molar-refractivity contribution in [2.75, 3.05) is 13.3 Å². The molecule has 0 saturated carbocycles. The number of hydrogen-bond donors (Lipinski definition) is 1. The first kappa shape index (κ1) is 13.8. The second-order valence-corrected chi connectivity index (χ2v) is 5.35. The zero-order chi connectivity index (χ0) is 15.6. The molecule has 0 aliphatic carbocycles. The van der Waals surface area contributed by atoms with Gasteiger partial charge in [-0.15, -0.1) is 0 Å². The van der Waals surface area contributed by atoms with Gasteiger partial charge in [0.1, 0.15) is 5.82 Å². The van der Waals surface area contributed by atoms with Gasteiger partial charge in [-0.05, 0) is 11.6 Å². The van der Waals surface area contributed by atoms with Gasteiger partial charge in [0.2, 0.25) is 6.79 Å². The summed E-state index contributed by atoms with van der Waals surface area (Å²) in [5.74, 6) is 2.38. The van der Waals surface area contributed by atoms with Crippen LogP contribution in [0.5, 0.6) is 11.5 Å². The van der Waals surface area contributed by atoms with Crippen molar-refractivity contribution in [3.05, 3.63) is 53.9 Å². The minimum absolute atomic E-state index is 0.263. The van der Waals surface area contributed by atoms with Crippen molar-refractivity contribution in [3.63, 3.8) is 0 Å². The molecule has 0 fully saturated rings. The van der Waals surface area contributed by atoms with Gasteiger partial charge in [-0.3, -0.25) is 0 Å². The molecule has 0 radical (unpaired) electrons. The van der Waals surface area contributed by atoms with Crippen LogP contribution in [0.25, 0.3) is 23.2 Å². The van der Waals surface area contributed by atoms with E-state index in [-0.39, 0.29) is 6.79 Å². The molecule has 0 unspecified atom stereocenters. The maximum Gasteiger partial charge on any atom is 0.231 e. The first-order chi connectivity index (χ1) is 11.3. The smallest absolute Gasteiger partial charge is 0.231 e. The van der Waals surface area contributed by atoms with Gasteiger partial charge in [0, 0.05) is 25.2 Å². The molecule has 5 heteroatoms. The number of aromatic nitrogens is 2. The Labute approximate surface area is 134 Å². The first-order valence-corrected chi connectivity index (χ1v) is 7.58. The van der Waals surface area contributed by atoms with Crippen molar-refractivity contribution < 1.29 is 9.47 Å². The van der Waals surface area contributed by atoms with Gasteiger partial charge < -0.3 is 19.8 Å². The fourth-order valence-electron chi connectivity index (χ4n) is 2.76. The van der Waals surface area contributed by atoms with E-state index in [0.717, 1.165) is 33.9 Å². The topological polar surface area (TPSA) is 62.3 Å². The van der Waals surface area contributed by atoms with Crippen LogP contribution in [0, 0.1) is 0 Å². The second-order valence-electron chi connectivity index (χ2n) is 5.35. The van der Waals surface area contributed by atoms with Crippen LogP contribution in [0.3, 0.4) is 0 Å². The second kappa shape index (κ2) is 5.78. The maximum atomic E-state index is 5.77. The number of hydrogen-bond acceptors (Lipinski definition) is 4. The minimum Gasteiger partial charge on any atom is -0.454 e. The Bertz CT molecular complexity index is 869. The van der Waals surface area contributed by atoms with Gasteiger partial charge in [-0.1, -0.05) is 36.4 Å². The highest BCUT2D eigenvalue weighted by atomic mass is 16.7. The molecule has 0 saturated heterocycles. The summed E-state index contributed by atoms with van der Waals surface area (Å²) < 4.78 is 13.0. The number of imidazole rings is 1. The van der Waals surface area contributed by atoms with E-state index in [0.29, 0.717) is 13.1 Å². The van der Waals surface area contributed by atoms with Crippen LogP contribution < -0.4 is 15.2 Å². The highest BCUT2D eigenvalue weighted by Gasteiger charge is 2.18. The normalized spacial score (nSPS) is 13.3. The van der Waals surface area contributed by atoms with Gasteiger partial charge in [0.25, 0.3) is 0 Å². The largest absolute Gasteiger partial charge is 0.454 e. The lowest BCUT2D eigenvalue weighted by atomic mass is 10.2. The Kier molecular flexibility index (Phi) is 3.48. The van der Waals surface area contributed by atoms with Gasteiger partial charge in [0.15, 0.2) is 11.5 Å². The Morgan fingerprint density at radius 1 is 1.09 bits per heavy atom. The average molecular weight is 307 g/mol. The summed E-state index contributed by atoms with van der Waals surface area (Å²) >= 11 is 0. The molecule has 1 aliphatic rings. The first-order valence-electron chi connectivity index (χ1n) is 7.58. The Balaban J connectivity index is 1.79. The molecule has 1 aliphatic heterocycles. The molecule has 0 spiro atoms. The fraction of sp³-hybridized carbons (Fsp3) is 0.167. The highest BCUT2D eigenvalue weighted by Crippen LogP contribution is 2.36. The molecular weight excluding hydrogens is 290 g/mol. The van der Waals surface area contributed by atoms with Crippen LogP contribution in [0.15, 0.2) is 42.5 Å². The zero-order valence-electron chi connectivity index (χ0n) is 12.6. The van der Waals surface area contributed by atoms with Gasteiger partial charge in [-0.2, -0.15) is 0 Å². The molecule has 116 valence electrons. The van der Waals surface area contributed by atoms with E-state index in [1.807, 2.05) is 36.4 Å². The number of ether oxygens (including phenoxy) is 2. The average Bonchev–Trinajstić information content (AvgIpc) is 3.16. The van der Waals surface area contributed by atoms with Crippen LogP contribution in [0.4, 0.5) is 0 Å². The van der Waals surface area contributed by atoms with E-state index in [9.17, 15) is 0 Å². The van der Waals surface area contributed by atoms with Crippen molar-refractivity contribution in [3.8, 4) is 11.5 Å². The molecule has 2 heterocycles. The molecule has 0 amide bonds. The number of nitrogens with zero attached hydrogens (tertiary/aromatic N) is 2. The summed E-state index contributed by atoms with van der Waals surface area (Å²) in [6.07, 6.45) is 4.06. The van der Waals surface area contributed by atoms with E-state index in [1.165, 1.54) is 0 Å². The van der Waals surface area contributed by atoms with E-state index < -0.39 is 0 Å². The Morgan fingerprint density at radius 2 is 1.87 bits per heavy atom. The molecule has 2 aromatic carbocycles. The summed E-state index contributed by atoms with van der Waals surface area (Å²) in [6, 6.07) is 14.0. The summed E-state index contributed by atoms with van der Waals surface area (Å²) in [7, 11) is 0. The van der Waals surface area contributed by atoms with Crippen LogP contribution in [-0.2, 0) is 6.54 Å². The Hall–Kier alpha value is -2.79.